The Morgan fingerprint density at radius 1 is 1.31 bits per heavy atom. The Balaban J connectivity index is 2.19. The first kappa shape index (κ1) is 20.4. The molecule has 0 bridgehead atoms. The lowest BCUT2D eigenvalue weighted by molar-refractivity contribution is -0.147. The van der Waals surface area contributed by atoms with Crippen LogP contribution in [0.4, 0.5) is 4.48 Å². The number of rotatable bonds is 6. The fourth-order valence-corrected chi connectivity index (χ4v) is 5.78. The Hall–Kier alpha value is -1.96. The molecule has 1 aliphatic heterocycles. The smallest absolute Gasteiger partial charge is 0.276 e. The topological polar surface area (TPSA) is 32.8 Å². The number of halogens is 1. The summed E-state index contributed by atoms with van der Waals surface area (Å²) in [6, 6.07) is 7.16. The first-order valence-corrected chi connectivity index (χ1v) is 10.3. The molecule has 1 aromatic rings. The molecule has 1 heterocycles. The molecule has 0 spiro atoms. The van der Waals surface area contributed by atoms with Crippen LogP contribution in [0.15, 0.2) is 63.8 Å². The Morgan fingerprint density at radius 3 is 2.42 bits per heavy atom. The molecule has 0 radical (unpaired) electrons. The summed E-state index contributed by atoms with van der Waals surface area (Å²) in [5, 5.41) is 0.963. The first-order chi connectivity index (χ1) is 12.3. The number of carbonyl (C=O) groups is 1. The number of ether oxygens (including phenoxy) is 1. The van der Waals surface area contributed by atoms with Gasteiger partial charge in [-0.3, -0.25) is 4.79 Å². The molecule has 0 aliphatic carbocycles. The minimum atomic E-state index is -1.96. The summed E-state index contributed by atoms with van der Waals surface area (Å²) in [6.45, 7) is 5.51. The molecule has 0 saturated carbocycles. The third-order valence-corrected chi connectivity index (χ3v) is 7.55. The van der Waals surface area contributed by atoms with Gasteiger partial charge in [-0.15, -0.1) is 17.1 Å². The number of allylic oxidation sites excluding steroid dienone is 3. The van der Waals surface area contributed by atoms with Gasteiger partial charge in [0.25, 0.3) is 5.91 Å². The summed E-state index contributed by atoms with van der Waals surface area (Å²) in [5.41, 5.74) is 0.773. The molecule has 1 fully saturated rings. The third-order valence-electron chi connectivity index (χ3n) is 4.06. The lowest BCUT2D eigenvalue weighted by atomic mass is 10.2. The Labute approximate surface area is 161 Å². The number of likely N-dealkylation sites (N-methyl/N-ethyl adjacent to an activating group) is 1. The average molecular weight is 395 g/mol. The fourth-order valence-electron chi connectivity index (χ4n) is 2.58. The molecule has 7 heteroatoms. The number of hydrogen-bond acceptors (Lipinski definition) is 4. The largest absolute Gasteiger partial charge is 0.497 e. The molecule has 4 nitrogen and oxygen atoms in total. The second-order valence-corrected chi connectivity index (χ2v) is 9.07. The van der Waals surface area contributed by atoms with Gasteiger partial charge in [-0.2, -0.15) is 0 Å². The number of methoxy groups -OCH3 is 1. The minimum absolute atomic E-state index is 0.139. The van der Waals surface area contributed by atoms with Crippen molar-refractivity contribution in [3.05, 3.63) is 69.4 Å². The summed E-state index contributed by atoms with van der Waals surface area (Å²) in [6.07, 6.45) is 8.67. The van der Waals surface area contributed by atoms with Crippen LogP contribution in [0.1, 0.15) is 12.5 Å². The zero-order chi connectivity index (χ0) is 19.5. The van der Waals surface area contributed by atoms with Crippen LogP contribution in [0.25, 0.3) is 6.08 Å². The summed E-state index contributed by atoms with van der Waals surface area (Å²) in [5.74, 6) is 0.188. The van der Waals surface area contributed by atoms with Crippen molar-refractivity contribution in [2.75, 3.05) is 20.4 Å². The van der Waals surface area contributed by atoms with Gasteiger partial charge in [-0.05, 0) is 47.7 Å². The van der Waals surface area contributed by atoms with E-state index in [4.69, 9.17) is 4.74 Å². The van der Waals surface area contributed by atoms with Crippen LogP contribution in [0.2, 0.25) is 0 Å². The third kappa shape index (κ3) is 3.75. The van der Waals surface area contributed by atoms with Gasteiger partial charge < -0.3 is 4.74 Å². The van der Waals surface area contributed by atoms with Crippen LogP contribution in [0, 0.1) is 0 Å². The van der Waals surface area contributed by atoms with E-state index < -0.39 is 16.1 Å². The highest BCUT2D eigenvalue weighted by molar-refractivity contribution is 8.45. The van der Waals surface area contributed by atoms with Crippen LogP contribution < -0.4 is 4.74 Å². The SMILES string of the molecule is C=C/C=C1\C(=C/C)S1(C)N(F)N(C)C(=O)/C(S)=C\c1ccc(OC)cc1. The normalized spacial score (nSPS) is 25.1. The van der Waals surface area contributed by atoms with Crippen molar-refractivity contribution in [2.24, 2.45) is 0 Å². The van der Waals surface area contributed by atoms with E-state index in [1.807, 2.05) is 13.0 Å². The maximum atomic E-state index is 15.0. The molecule has 2 rings (SSSR count). The van der Waals surface area contributed by atoms with Crippen LogP contribution in [0.5, 0.6) is 5.75 Å². The van der Waals surface area contributed by atoms with Crippen LogP contribution in [0.3, 0.4) is 0 Å². The number of carbonyl (C=O) groups excluding carboxylic acids is 1. The standard InChI is InChI=1S/C19H23FN2O2S2/c1-6-8-18-17(7-2)26(18,5)22(20)21(3)19(23)16(25)13-14-9-11-15(24-4)12-10-14/h6-13,25H,1H2,2-5H3/b16-13+,17-7+,18-8+. The zero-order valence-electron chi connectivity index (χ0n) is 15.3. The number of hydrazine groups is 1. The van der Waals surface area contributed by atoms with Gasteiger partial charge in [-0.25, -0.2) is 5.01 Å². The van der Waals surface area contributed by atoms with Gasteiger partial charge in [0.05, 0.1) is 12.0 Å². The predicted octanol–water partition coefficient (Wildman–Crippen LogP) is 4.86. The summed E-state index contributed by atoms with van der Waals surface area (Å²) in [4.78, 5) is 14.5. The quantitative estimate of drug-likeness (QED) is 0.246. The molecule has 1 saturated heterocycles. The summed E-state index contributed by atoms with van der Waals surface area (Å²) >= 11 is 4.25. The van der Waals surface area contributed by atoms with E-state index in [-0.39, 0.29) is 4.91 Å². The van der Waals surface area contributed by atoms with Crippen LogP contribution >= 0.6 is 22.8 Å². The highest BCUT2D eigenvalue weighted by atomic mass is 32.3. The molecule has 0 aromatic heterocycles. The monoisotopic (exact) mass is 394 g/mol. The van der Waals surface area contributed by atoms with E-state index >= 15 is 4.48 Å². The molecule has 0 N–H and O–H groups in total. The molecule has 1 aromatic carbocycles. The number of amides is 1. The minimum Gasteiger partial charge on any atom is -0.497 e. The maximum Gasteiger partial charge on any atom is 0.276 e. The van der Waals surface area contributed by atoms with Gasteiger partial charge in [-0.1, -0.05) is 41.1 Å². The second-order valence-electron chi connectivity index (χ2n) is 5.65. The first-order valence-electron chi connectivity index (χ1n) is 7.87. The number of hydrogen-bond donors (Lipinski definition) is 1. The van der Waals surface area contributed by atoms with E-state index in [0.717, 1.165) is 20.4 Å². The van der Waals surface area contributed by atoms with Gasteiger partial charge >= 0.3 is 0 Å². The zero-order valence-corrected chi connectivity index (χ0v) is 17.0. The van der Waals surface area contributed by atoms with Crippen LogP contribution in [-0.2, 0) is 4.79 Å². The van der Waals surface area contributed by atoms with E-state index in [1.165, 1.54) is 7.05 Å². The van der Waals surface area contributed by atoms with Crippen LogP contribution in [-0.4, -0.2) is 36.0 Å². The molecule has 26 heavy (non-hydrogen) atoms. The molecule has 1 aliphatic rings. The lowest BCUT2D eigenvalue weighted by Crippen LogP contribution is -2.37. The molecule has 140 valence electrons. The van der Waals surface area contributed by atoms with Gasteiger partial charge in [0.15, 0.2) is 0 Å². The molecule has 1 amide bonds. The maximum absolute atomic E-state index is 15.0. The Morgan fingerprint density at radius 2 is 1.92 bits per heavy atom. The highest BCUT2D eigenvalue weighted by Crippen LogP contribution is 2.81. The average Bonchev–Trinajstić information content (AvgIpc) is 3.24. The van der Waals surface area contributed by atoms with Crippen molar-refractivity contribution in [2.45, 2.75) is 6.92 Å². The van der Waals surface area contributed by atoms with Gasteiger partial charge in [0.2, 0.25) is 0 Å². The predicted molar refractivity (Wildman–Crippen MR) is 111 cm³/mol. The molecule has 1 unspecified atom stereocenters. The number of benzene rings is 1. The number of nitrogens with zero attached hydrogens (tertiary/aromatic N) is 2. The van der Waals surface area contributed by atoms with Crippen molar-refractivity contribution < 1.29 is 14.0 Å². The Bertz CT molecular complexity index is 802. The molecular formula is C19H23FN2O2S2. The van der Waals surface area contributed by atoms with Gasteiger partial charge in [0.1, 0.15) is 5.75 Å². The summed E-state index contributed by atoms with van der Waals surface area (Å²) in [7, 11) is 1.02. The van der Waals surface area contributed by atoms with Crippen molar-refractivity contribution in [1.82, 2.24) is 9.65 Å². The van der Waals surface area contributed by atoms with E-state index in [0.29, 0.717) is 10.4 Å². The lowest BCUT2D eigenvalue weighted by Gasteiger charge is -2.30. The fraction of sp³-hybridized carbons (Fsp3) is 0.211. The van der Waals surface area contributed by atoms with Crippen molar-refractivity contribution >= 4 is 34.8 Å². The second kappa shape index (κ2) is 8.16. The molecular weight excluding hydrogens is 371 g/mol. The summed E-state index contributed by atoms with van der Waals surface area (Å²) < 4.78 is 20.6. The highest BCUT2D eigenvalue weighted by Gasteiger charge is 2.53. The van der Waals surface area contributed by atoms with E-state index in [2.05, 4.69) is 19.2 Å². The Kier molecular flexibility index (Phi) is 6.39. The number of thiol groups is 1. The van der Waals surface area contributed by atoms with E-state index in [1.54, 1.807) is 55.9 Å². The van der Waals surface area contributed by atoms with Crippen molar-refractivity contribution in [3.8, 4) is 5.75 Å². The molecule has 1 atom stereocenters. The van der Waals surface area contributed by atoms with Gasteiger partial charge in [0, 0.05) is 16.9 Å². The van der Waals surface area contributed by atoms with Crippen molar-refractivity contribution in [1.29, 1.82) is 0 Å². The van der Waals surface area contributed by atoms with E-state index in [9.17, 15) is 4.79 Å². The van der Waals surface area contributed by atoms with Crippen molar-refractivity contribution in [3.63, 3.8) is 0 Å².